The summed E-state index contributed by atoms with van der Waals surface area (Å²) in [6.45, 7) is 1.79. The van der Waals surface area contributed by atoms with Crippen LogP contribution in [-0.4, -0.2) is 18.1 Å². The summed E-state index contributed by atoms with van der Waals surface area (Å²) in [5.74, 6) is -0.868. The minimum Gasteiger partial charge on any atom is -0.451 e. The van der Waals surface area contributed by atoms with Gasteiger partial charge in [-0.05, 0) is 37.4 Å². The summed E-state index contributed by atoms with van der Waals surface area (Å²) in [5, 5.41) is 1.17. The van der Waals surface area contributed by atoms with Crippen LogP contribution in [0.1, 0.15) is 26.5 Å². The third kappa shape index (κ3) is 3.50. The second kappa shape index (κ2) is 7.21. The number of thioether (sulfide) groups is 1. The molecule has 128 valence electrons. The lowest BCUT2D eigenvalue weighted by Gasteiger charge is -2.09. The number of hydrazine groups is 1. The molecule has 1 aromatic heterocycles. The molecule has 3 rings (SSSR count). The van der Waals surface area contributed by atoms with Gasteiger partial charge in [-0.3, -0.25) is 20.4 Å². The van der Waals surface area contributed by atoms with E-state index in [1.807, 2.05) is 30.5 Å². The number of benzene rings is 2. The Kier molecular flexibility index (Phi) is 5.01. The Hall–Kier alpha value is -2.44. The summed E-state index contributed by atoms with van der Waals surface area (Å²) in [4.78, 5) is 25.5. The van der Waals surface area contributed by atoms with Crippen molar-refractivity contribution < 1.29 is 14.0 Å². The van der Waals surface area contributed by atoms with E-state index < -0.39 is 11.8 Å². The first kappa shape index (κ1) is 17.4. The van der Waals surface area contributed by atoms with Crippen LogP contribution >= 0.6 is 23.4 Å². The first-order valence-corrected chi connectivity index (χ1v) is 9.04. The van der Waals surface area contributed by atoms with Crippen molar-refractivity contribution in [2.45, 2.75) is 11.8 Å². The van der Waals surface area contributed by atoms with Crippen LogP contribution in [0.5, 0.6) is 0 Å². The van der Waals surface area contributed by atoms with Gasteiger partial charge in [0.25, 0.3) is 5.91 Å². The van der Waals surface area contributed by atoms with E-state index in [0.29, 0.717) is 16.2 Å². The molecular formula is C18H15ClN2O3S. The SMILES string of the molecule is CSc1ccc(Cl)c(C(=O)NNC(=O)c2oc3ccccc3c2C)c1. The number of furan rings is 1. The quantitative estimate of drug-likeness (QED) is 0.532. The summed E-state index contributed by atoms with van der Waals surface area (Å²) in [5.41, 5.74) is 6.35. The van der Waals surface area contributed by atoms with E-state index in [-0.39, 0.29) is 11.3 Å². The first-order valence-electron chi connectivity index (χ1n) is 7.43. The van der Waals surface area contributed by atoms with E-state index in [1.165, 1.54) is 11.8 Å². The molecule has 0 aliphatic rings. The first-order chi connectivity index (χ1) is 12.0. The number of fused-ring (bicyclic) bond motifs is 1. The van der Waals surface area contributed by atoms with Crippen LogP contribution in [-0.2, 0) is 0 Å². The zero-order valence-corrected chi connectivity index (χ0v) is 15.1. The Morgan fingerprint density at radius 3 is 2.52 bits per heavy atom. The monoisotopic (exact) mass is 374 g/mol. The van der Waals surface area contributed by atoms with Gasteiger partial charge < -0.3 is 4.42 Å². The minimum absolute atomic E-state index is 0.158. The highest BCUT2D eigenvalue weighted by Gasteiger charge is 2.19. The van der Waals surface area contributed by atoms with Gasteiger partial charge in [-0.1, -0.05) is 29.8 Å². The Morgan fingerprint density at radius 2 is 1.80 bits per heavy atom. The van der Waals surface area contributed by atoms with Crippen LogP contribution in [0.15, 0.2) is 51.8 Å². The number of carbonyl (C=O) groups excluding carboxylic acids is 2. The predicted octanol–water partition coefficient (Wildman–Crippen LogP) is 4.19. The lowest BCUT2D eigenvalue weighted by molar-refractivity contribution is 0.0831. The molecule has 7 heteroatoms. The maximum atomic E-state index is 12.3. The van der Waals surface area contributed by atoms with Gasteiger partial charge in [0.1, 0.15) is 5.58 Å². The summed E-state index contributed by atoms with van der Waals surface area (Å²) in [7, 11) is 0. The average molecular weight is 375 g/mol. The van der Waals surface area contributed by atoms with E-state index in [4.69, 9.17) is 16.0 Å². The molecule has 0 fully saturated rings. The highest BCUT2D eigenvalue weighted by molar-refractivity contribution is 7.98. The van der Waals surface area contributed by atoms with E-state index in [9.17, 15) is 9.59 Å². The van der Waals surface area contributed by atoms with Gasteiger partial charge in [-0.15, -0.1) is 11.8 Å². The fourth-order valence-electron chi connectivity index (χ4n) is 2.43. The summed E-state index contributed by atoms with van der Waals surface area (Å²) in [6, 6.07) is 12.5. The van der Waals surface area contributed by atoms with Crippen molar-refractivity contribution in [3.63, 3.8) is 0 Å². The molecule has 0 atom stereocenters. The number of hydrogen-bond acceptors (Lipinski definition) is 4. The largest absolute Gasteiger partial charge is 0.451 e. The van der Waals surface area contributed by atoms with Gasteiger partial charge in [0.15, 0.2) is 5.76 Å². The third-order valence-electron chi connectivity index (χ3n) is 3.76. The van der Waals surface area contributed by atoms with E-state index >= 15 is 0 Å². The molecule has 0 bridgehead atoms. The minimum atomic E-state index is -0.529. The van der Waals surface area contributed by atoms with Gasteiger partial charge in [0.05, 0.1) is 10.6 Å². The predicted molar refractivity (Wildman–Crippen MR) is 99.1 cm³/mol. The lowest BCUT2D eigenvalue weighted by Crippen LogP contribution is -2.41. The number of nitrogens with one attached hydrogen (secondary N) is 2. The zero-order valence-electron chi connectivity index (χ0n) is 13.6. The molecule has 2 amide bonds. The number of amides is 2. The van der Waals surface area contributed by atoms with Crippen LogP contribution < -0.4 is 10.9 Å². The molecule has 0 radical (unpaired) electrons. The van der Waals surface area contributed by atoms with Crippen LogP contribution in [0, 0.1) is 6.92 Å². The molecule has 2 aromatic carbocycles. The van der Waals surface area contributed by atoms with Gasteiger partial charge in [-0.2, -0.15) is 0 Å². The highest BCUT2D eigenvalue weighted by atomic mass is 35.5. The molecule has 0 saturated carbocycles. The Balaban J connectivity index is 1.75. The van der Waals surface area contributed by atoms with Gasteiger partial charge in [0, 0.05) is 15.8 Å². The number of hydrogen-bond donors (Lipinski definition) is 2. The molecule has 2 N–H and O–H groups in total. The van der Waals surface area contributed by atoms with E-state index in [2.05, 4.69) is 10.9 Å². The Bertz CT molecular complexity index is 968. The molecule has 0 aliphatic carbocycles. The molecule has 0 aliphatic heterocycles. The summed E-state index contributed by atoms with van der Waals surface area (Å²) >= 11 is 7.55. The number of aryl methyl sites for hydroxylation is 1. The number of carbonyl (C=O) groups is 2. The normalized spacial score (nSPS) is 10.7. The van der Waals surface area contributed by atoms with Crippen molar-refractivity contribution in [3.8, 4) is 0 Å². The fourth-order valence-corrected chi connectivity index (χ4v) is 3.08. The van der Waals surface area contributed by atoms with Crippen LogP contribution in [0.2, 0.25) is 5.02 Å². The summed E-state index contributed by atoms with van der Waals surface area (Å²) < 4.78 is 5.57. The lowest BCUT2D eigenvalue weighted by atomic mass is 10.1. The average Bonchev–Trinajstić information content (AvgIpc) is 2.97. The highest BCUT2D eigenvalue weighted by Crippen LogP contribution is 2.25. The van der Waals surface area contributed by atoms with Gasteiger partial charge in [-0.25, -0.2) is 0 Å². The van der Waals surface area contributed by atoms with Crippen LogP contribution in [0.25, 0.3) is 11.0 Å². The smallest absolute Gasteiger partial charge is 0.305 e. The topological polar surface area (TPSA) is 71.3 Å². The molecule has 5 nitrogen and oxygen atoms in total. The maximum absolute atomic E-state index is 12.3. The molecule has 0 spiro atoms. The van der Waals surface area contributed by atoms with Crippen molar-refractivity contribution in [1.29, 1.82) is 0 Å². The molecule has 0 saturated heterocycles. The fraction of sp³-hybridized carbons (Fsp3) is 0.111. The molecule has 25 heavy (non-hydrogen) atoms. The Labute approximate surface area is 153 Å². The standard InChI is InChI=1S/C18H15ClN2O3S/c1-10-12-5-3-4-6-15(12)24-16(10)18(23)21-20-17(22)13-9-11(25-2)7-8-14(13)19/h3-9H,1-2H3,(H,20,22)(H,21,23). The van der Waals surface area contributed by atoms with Crippen molar-refractivity contribution in [3.05, 3.63) is 64.4 Å². The van der Waals surface area contributed by atoms with E-state index in [0.717, 1.165) is 10.3 Å². The maximum Gasteiger partial charge on any atom is 0.305 e. The Morgan fingerprint density at radius 1 is 1.08 bits per heavy atom. The second-order valence-corrected chi connectivity index (χ2v) is 6.59. The third-order valence-corrected chi connectivity index (χ3v) is 4.81. The van der Waals surface area contributed by atoms with Crippen LogP contribution in [0.3, 0.4) is 0 Å². The molecule has 0 unspecified atom stereocenters. The van der Waals surface area contributed by atoms with Crippen LogP contribution in [0.4, 0.5) is 0 Å². The molecule has 3 aromatic rings. The number of rotatable bonds is 3. The molecular weight excluding hydrogens is 360 g/mol. The van der Waals surface area contributed by atoms with Crippen molar-refractivity contribution in [2.24, 2.45) is 0 Å². The van der Waals surface area contributed by atoms with Gasteiger partial charge >= 0.3 is 5.91 Å². The number of halogens is 1. The second-order valence-electron chi connectivity index (χ2n) is 5.31. The van der Waals surface area contributed by atoms with Crippen molar-refractivity contribution in [1.82, 2.24) is 10.9 Å². The molecule has 1 heterocycles. The number of para-hydroxylation sites is 1. The van der Waals surface area contributed by atoms with Crippen molar-refractivity contribution in [2.75, 3.05) is 6.26 Å². The summed E-state index contributed by atoms with van der Waals surface area (Å²) in [6.07, 6.45) is 1.90. The van der Waals surface area contributed by atoms with E-state index in [1.54, 1.807) is 25.1 Å². The zero-order chi connectivity index (χ0) is 18.0. The van der Waals surface area contributed by atoms with Gasteiger partial charge in [0.2, 0.25) is 0 Å². The van der Waals surface area contributed by atoms with Crippen molar-refractivity contribution >= 4 is 46.1 Å².